The van der Waals surface area contributed by atoms with Crippen molar-refractivity contribution < 1.29 is 9.53 Å². The minimum absolute atomic E-state index is 0.118. The molecular formula is C16H20O2. The number of hydrogen-bond acceptors (Lipinski definition) is 2. The summed E-state index contributed by atoms with van der Waals surface area (Å²) in [6.45, 7) is 4.15. The van der Waals surface area contributed by atoms with Crippen molar-refractivity contribution in [2.45, 2.75) is 52.1 Å². The molecule has 1 aromatic carbocycles. The molecular weight excluding hydrogens is 224 g/mol. The molecule has 1 unspecified atom stereocenters. The van der Waals surface area contributed by atoms with Crippen LogP contribution < -0.4 is 4.74 Å². The molecule has 96 valence electrons. The molecule has 1 aromatic rings. The third kappa shape index (κ3) is 1.58. The first kappa shape index (κ1) is 11.8. The largest absolute Gasteiger partial charge is 0.488 e. The lowest BCUT2D eigenvalue weighted by molar-refractivity contribution is -0.151. The normalized spacial score (nSPS) is 25.2. The van der Waals surface area contributed by atoms with Crippen LogP contribution in [-0.2, 0) is 4.79 Å². The Morgan fingerprint density at radius 3 is 2.33 bits per heavy atom. The molecule has 2 aliphatic rings. The second-order valence-electron chi connectivity index (χ2n) is 5.82. The van der Waals surface area contributed by atoms with Crippen LogP contribution in [0.4, 0.5) is 0 Å². The van der Waals surface area contributed by atoms with E-state index in [9.17, 15) is 4.79 Å². The van der Waals surface area contributed by atoms with E-state index in [0.29, 0.717) is 12.2 Å². The second-order valence-corrected chi connectivity index (χ2v) is 5.82. The van der Waals surface area contributed by atoms with Gasteiger partial charge in [0, 0.05) is 6.42 Å². The molecule has 2 heteroatoms. The summed E-state index contributed by atoms with van der Waals surface area (Å²) < 4.78 is 6.20. The predicted octanol–water partition coefficient (Wildman–Crippen LogP) is 3.58. The zero-order valence-corrected chi connectivity index (χ0v) is 11.2. The summed E-state index contributed by atoms with van der Waals surface area (Å²) in [5.74, 6) is 1.41. The van der Waals surface area contributed by atoms with Crippen molar-refractivity contribution in [2.24, 2.45) is 5.41 Å². The first-order valence-electron chi connectivity index (χ1n) is 6.90. The number of aryl methyl sites for hydroxylation is 2. The SMILES string of the molecule is Cc1cccc(C)c1OC1CC(=O)C12CCCC2. The zero-order valence-electron chi connectivity index (χ0n) is 11.2. The summed E-state index contributed by atoms with van der Waals surface area (Å²) >= 11 is 0. The first-order chi connectivity index (χ1) is 8.63. The molecule has 1 atom stereocenters. The first-order valence-corrected chi connectivity index (χ1v) is 6.90. The van der Waals surface area contributed by atoms with Crippen LogP contribution in [0.15, 0.2) is 18.2 Å². The molecule has 0 aromatic heterocycles. The lowest BCUT2D eigenvalue weighted by atomic mass is 9.63. The smallest absolute Gasteiger partial charge is 0.146 e. The van der Waals surface area contributed by atoms with Crippen molar-refractivity contribution in [1.82, 2.24) is 0 Å². The van der Waals surface area contributed by atoms with Crippen molar-refractivity contribution in [2.75, 3.05) is 0 Å². The van der Waals surface area contributed by atoms with E-state index in [-0.39, 0.29) is 11.5 Å². The van der Waals surface area contributed by atoms with E-state index in [0.717, 1.165) is 18.6 Å². The highest BCUT2D eigenvalue weighted by Gasteiger charge is 2.57. The van der Waals surface area contributed by atoms with Gasteiger partial charge in [-0.1, -0.05) is 31.0 Å². The van der Waals surface area contributed by atoms with Gasteiger partial charge in [-0.25, -0.2) is 0 Å². The van der Waals surface area contributed by atoms with Crippen molar-refractivity contribution in [3.05, 3.63) is 29.3 Å². The van der Waals surface area contributed by atoms with E-state index in [1.165, 1.54) is 24.0 Å². The fraction of sp³-hybridized carbons (Fsp3) is 0.562. The Kier molecular flexibility index (Phi) is 2.69. The van der Waals surface area contributed by atoms with E-state index >= 15 is 0 Å². The molecule has 0 heterocycles. The molecule has 2 saturated carbocycles. The van der Waals surface area contributed by atoms with Crippen LogP contribution in [0, 0.1) is 19.3 Å². The minimum atomic E-state index is -0.130. The van der Waals surface area contributed by atoms with Gasteiger partial charge in [0.25, 0.3) is 0 Å². The molecule has 2 nitrogen and oxygen atoms in total. The van der Waals surface area contributed by atoms with Crippen LogP contribution >= 0.6 is 0 Å². The van der Waals surface area contributed by atoms with Crippen molar-refractivity contribution in [3.8, 4) is 5.75 Å². The molecule has 0 aliphatic heterocycles. The molecule has 0 N–H and O–H groups in total. The Labute approximate surface area is 108 Å². The quantitative estimate of drug-likeness (QED) is 0.794. The van der Waals surface area contributed by atoms with Crippen LogP contribution in [0.25, 0.3) is 0 Å². The molecule has 0 saturated heterocycles. The third-order valence-corrected chi connectivity index (χ3v) is 4.71. The van der Waals surface area contributed by atoms with Crippen LogP contribution in [0.1, 0.15) is 43.2 Å². The van der Waals surface area contributed by atoms with Gasteiger partial charge in [-0.15, -0.1) is 0 Å². The van der Waals surface area contributed by atoms with Gasteiger partial charge in [-0.3, -0.25) is 4.79 Å². The number of para-hydroxylation sites is 1. The Hall–Kier alpha value is -1.31. The van der Waals surface area contributed by atoms with Crippen molar-refractivity contribution >= 4 is 5.78 Å². The van der Waals surface area contributed by atoms with E-state index in [4.69, 9.17) is 4.74 Å². The van der Waals surface area contributed by atoms with Crippen molar-refractivity contribution in [3.63, 3.8) is 0 Å². The fourth-order valence-corrected chi connectivity index (χ4v) is 3.50. The maximum atomic E-state index is 11.9. The van der Waals surface area contributed by atoms with Gasteiger partial charge in [-0.05, 0) is 37.8 Å². The molecule has 2 fully saturated rings. The molecule has 18 heavy (non-hydrogen) atoms. The number of ether oxygens (including phenoxy) is 1. The molecule has 1 spiro atoms. The topological polar surface area (TPSA) is 26.3 Å². The lowest BCUT2D eigenvalue weighted by Gasteiger charge is -2.45. The summed E-state index contributed by atoms with van der Waals surface area (Å²) in [5.41, 5.74) is 2.21. The average molecular weight is 244 g/mol. The maximum Gasteiger partial charge on any atom is 0.146 e. The maximum absolute atomic E-state index is 11.9. The summed E-state index contributed by atoms with van der Waals surface area (Å²) in [7, 11) is 0. The minimum Gasteiger partial charge on any atom is -0.488 e. The van der Waals surface area contributed by atoms with Crippen LogP contribution in [0.2, 0.25) is 0 Å². The van der Waals surface area contributed by atoms with Crippen molar-refractivity contribution in [1.29, 1.82) is 0 Å². The Balaban J connectivity index is 1.84. The number of ketones is 1. The van der Waals surface area contributed by atoms with Gasteiger partial charge in [0.1, 0.15) is 17.6 Å². The van der Waals surface area contributed by atoms with Gasteiger partial charge in [0.15, 0.2) is 0 Å². The van der Waals surface area contributed by atoms with Gasteiger partial charge in [-0.2, -0.15) is 0 Å². The fourth-order valence-electron chi connectivity index (χ4n) is 3.50. The summed E-state index contributed by atoms with van der Waals surface area (Å²) in [5, 5.41) is 0. The van der Waals surface area contributed by atoms with E-state index < -0.39 is 0 Å². The highest BCUT2D eigenvalue weighted by Crippen LogP contribution is 2.52. The summed E-state index contributed by atoms with van der Waals surface area (Å²) in [6, 6.07) is 6.20. The monoisotopic (exact) mass is 244 g/mol. The zero-order chi connectivity index (χ0) is 12.8. The standard InChI is InChI=1S/C16H20O2/c1-11-6-5-7-12(2)15(11)18-14-10-13(17)16(14)8-3-4-9-16/h5-7,14H,3-4,8-10H2,1-2H3. The van der Waals surface area contributed by atoms with E-state index in [1.54, 1.807) is 0 Å². The number of Topliss-reactive ketones (excluding diaryl/α,β-unsaturated/α-hetero) is 1. The Morgan fingerprint density at radius 2 is 1.78 bits per heavy atom. The summed E-state index contributed by atoms with van der Waals surface area (Å²) in [4.78, 5) is 11.9. The van der Waals surface area contributed by atoms with E-state index in [1.807, 2.05) is 0 Å². The molecule has 0 bridgehead atoms. The second kappa shape index (κ2) is 4.11. The number of hydrogen-bond donors (Lipinski definition) is 0. The van der Waals surface area contributed by atoms with Crippen LogP contribution in [-0.4, -0.2) is 11.9 Å². The van der Waals surface area contributed by atoms with Gasteiger partial charge >= 0.3 is 0 Å². The molecule has 2 aliphatic carbocycles. The number of rotatable bonds is 2. The van der Waals surface area contributed by atoms with Crippen LogP contribution in [0.5, 0.6) is 5.75 Å². The highest BCUT2D eigenvalue weighted by molar-refractivity contribution is 5.92. The number of carbonyl (C=O) groups excluding carboxylic acids is 1. The molecule has 0 radical (unpaired) electrons. The van der Waals surface area contributed by atoms with Gasteiger partial charge in [0.2, 0.25) is 0 Å². The Bertz CT molecular complexity index is 464. The lowest BCUT2D eigenvalue weighted by Crippen LogP contribution is -2.55. The molecule has 3 rings (SSSR count). The van der Waals surface area contributed by atoms with Gasteiger partial charge < -0.3 is 4.74 Å². The predicted molar refractivity (Wildman–Crippen MR) is 70.9 cm³/mol. The third-order valence-electron chi connectivity index (χ3n) is 4.71. The average Bonchev–Trinajstić information content (AvgIpc) is 2.84. The van der Waals surface area contributed by atoms with Crippen LogP contribution in [0.3, 0.4) is 0 Å². The molecule has 0 amide bonds. The van der Waals surface area contributed by atoms with E-state index in [2.05, 4.69) is 32.0 Å². The van der Waals surface area contributed by atoms with Gasteiger partial charge in [0.05, 0.1) is 5.41 Å². The summed E-state index contributed by atoms with van der Waals surface area (Å²) in [6.07, 6.45) is 5.14. The highest BCUT2D eigenvalue weighted by atomic mass is 16.5. The Morgan fingerprint density at radius 1 is 1.17 bits per heavy atom. The number of carbonyl (C=O) groups is 1. The number of benzene rings is 1.